The lowest BCUT2D eigenvalue weighted by Gasteiger charge is -2.17. The number of halogens is 4. The van der Waals surface area contributed by atoms with Gasteiger partial charge in [0.05, 0.1) is 0 Å². The van der Waals surface area contributed by atoms with Crippen LogP contribution in [-0.4, -0.2) is 7.05 Å². The first kappa shape index (κ1) is 14.5. The molecule has 0 aromatic heterocycles. The molecule has 2 aromatic carbocycles. The van der Waals surface area contributed by atoms with Crippen molar-refractivity contribution in [1.29, 1.82) is 0 Å². The van der Waals surface area contributed by atoms with Crippen LogP contribution < -0.4 is 5.32 Å². The van der Waals surface area contributed by atoms with Gasteiger partial charge in [0.15, 0.2) is 0 Å². The van der Waals surface area contributed by atoms with E-state index in [0.29, 0.717) is 11.1 Å². The second-order valence-electron chi connectivity index (χ2n) is 4.53. The minimum Gasteiger partial charge on any atom is -0.313 e. The summed E-state index contributed by atoms with van der Waals surface area (Å²) in [6, 6.07) is 5.89. The van der Waals surface area contributed by atoms with Crippen LogP contribution in [0.4, 0.5) is 17.6 Å². The van der Waals surface area contributed by atoms with E-state index in [-0.39, 0.29) is 6.42 Å². The Hall–Kier alpha value is -1.88. The fraction of sp³-hybridized carbons (Fsp3) is 0.200. The van der Waals surface area contributed by atoms with E-state index in [4.69, 9.17) is 0 Å². The molecule has 2 rings (SSSR count). The summed E-state index contributed by atoms with van der Waals surface area (Å²) in [7, 11) is 1.61. The molecule has 1 atom stereocenters. The van der Waals surface area contributed by atoms with Gasteiger partial charge in [-0.2, -0.15) is 0 Å². The molecule has 0 bridgehead atoms. The molecule has 5 heteroatoms. The third kappa shape index (κ3) is 3.57. The van der Waals surface area contributed by atoms with Crippen LogP contribution in [-0.2, 0) is 6.42 Å². The van der Waals surface area contributed by atoms with Crippen molar-refractivity contribution in [3.8, 4) is 0 Å². The van der Waals surface area contributed by atoms with E-state index in [1.165, 1.54) is 24.3 Å². The first-order valence-corrected chi connectivity index (χ1v) is 6.06. The topological polar surface area (TPSA) is 12.0 Å². The van der Waals surface area contributed by atoms with Gasteiger partial charge < -0.3 is 5.32 Å². The summed E-state index contributed by atoms with van der Waals surface area (Å²) >= 11 is 0. The third-order valence-electron chi connectivity index (χ3n) is 3.00. The van der Waals surface area contributed by atoms with Gasteiger partial charge in [0.1, 0.15) is 23.3 Å². The molecule has 0 saturated carbocycles. The first-order valence-electron chi connectivity index (χ1n) is 6.06. The van der Waals surface area contributed by atoms with Gasteiger partial charge in [-0.15, -0.1) is 0 Å². The number of hydrogen-bond acceptors (Lipinski definition) is 1. The second kappa shape index (κ2) is 6.05. The molecule has 0 fully saturated rings. The van der Waals surface area contributed by atoms with Crippen LogP contribution >= 0.6 is 0 Å². The Labute approximate surface area is 114 Å². The Morgan fingerprint density at radius 1 is 0.800 bits per heavy atom. The lowest BCUT2D eigenvalue weighted by Crippen LogP contribution is -2.19. The van der Waals surface area contributed by atoms with E-state index in [0.717, 1.165) is 12.1 Å². The smallest absolute Gasteiger partial charge is 0.126 e. The Balaban J connectivity index is 2.28. The van der Waals surface area contributed by atoms with E-state index in [2.05, 4.69) is 5.32 Å². The largest absolute Gasteiger partial charge is 0.313 e. The zero-order valence-corrected chi connectivity index (χ0v) is 10.8. The van der Waals surface area contributed by atoms with Crippen molar-refractivity contribution in [3.63, 3.8) is 0 Å². The van der Waals surface area contributed by atoms with Crippen LogP contribution in [0.3, 0.4) is 0 Å². The number of nitrogens with one attached hydrogen (secondary N) is 1. The quantitative estimate of drug-likeness (QED) is 0.843. The molecule has 2 aromatic rings. The molecule has 0 amide bonds. The highest BCUT2D eigenvalue weighted by molar-refractivity contribution is 5.26. The lowest BCUT2D eigenvalue weighted by molar-refractivity contribution is 0.544. The van der Waals surface area contributed by atoms with E-state index in [1.807, 2.05) is 0 Å². The fourth-order valence-corrected chi connectivity index (χ4v) is 2.13. The van der Waals surface area contributed by atoms with Crippen LogP contribution in [0.1, 0.15) is 17.2 Å². The lowest BCUT2D eigenvalue weighted by atomic mass is 9.98. The number of rotatable bonds is 4. The number of likely N-dealkylation sites (N-methyl/N-ethyl adjacent to an activating group) is 1. The first-order chi connectivity index (χ1) is 9.47. The maximum Gasteiger partial charge on any atom is 0.126 e. The van der Waals surface area contributed by atoms with Gasteiger partial charge in [0, 0.05) is 18.2 Å². The summed E-state index contributed by atoms with van der Waals surface area (Å²) in [5.74, 6) is -2.74. The summed E-state index contributed by atoms with van der Waals surface area (Å²) in [4.78, 5) is 0. The van der Waals surface area contributed by atoms with Gasteiger partial charge in [0.2, 0.25) is 0 Å². The van der Waals surface area contributed by atoms with Gasteiger partial charge in [-0.3, -0.25) is 0 Å². The van der Waals surface area contributed by atoms with Crippen molar-refractivity contribution in [3.05, 3.63) is 70.8 Å². The fourth-order valence-electron chi connectivity index (χ4n) is 2.13. The highest BCUT2D eigenvalue weighted by Crippen LogP contribution is 2.21. The highest BCUT2D eigenvalue weighted by Gasteiger charge is 2.13. The van der Waals surface area contributed by atoms with Crippen molar-refractivity contribution in [2.24, 2.45) is 0 Å². The van der Waals surface area contributed by atoms with Crippen molar-refractivity contribution in [2.75, 3.05) is 7.05 Å². The maximum atomic E-state index is 13.2. The predicted octanol–water partition coefficient (Wildman–Crippen LogP) is 3.75. The highest BCUT2D eigenvalue weighted by atomic mass is 19.1. The minimum atomic E-state index is -0.689. The standard InChI is InChI=1S/C15H13F4N/c1-20-15(10-5-13(18)8-14(19)6-10)4-9-2-11(16)7-12(17)3-9/h2-3,5-8,15,20H,4H2,1H3. The molecule has 0 aliphatic rings. The van der Waals surface area contributed by atoms with Gasteiger partial charge in [-0.1, -0.05) is 0 Å². The molecule has 0 aliphatic carbocycles. The zero-order chi connectivity index (χ0) is 14.7. The van der Waals surface area contributed by atoms with Crippen LogP contribution in [0, 0.1) is 23.3 Å². The molecule has 0 heterocycles. The maximum absolute atomic E-state index is 13.2. The predicted molar refractivity (Wildman–Crippen MR) is 68.2 cm³/mol. The third-order valence-corrected chi connectivity index (χ3v) is 3.00. The van der Waals surface area contributed by atoms with Crippen molar-refractivity contribution >= 4 is 0 Å². The van der Waals surface area contributed by atoms with E-state index < -0.39 is 29.3 Å². The zero-order valence-electron chi connectivity index (χ0n) is 10.8. The van der Waals surface area contributed by atoms with Crippen molar-refractivity contribution in [1.82, 2.24) is 5.32 Å². The summed E-state index contributed by atoms with van der Waals surface area (Å²) in [5, 5.41) is 2.88. The molecule has 106 valence electrons. The molecule has 0 aliphatic heterocycles. The van der Waals surface area contributed by atoms with E-state index in [9.17, 15) is 17.6 Å². The SMILES string of the molecule is CNC(Cc1cc(F)cc(F)c1)c1cc(F)cc(F)c1. The summed E-state index contributed by atoms with van der Waals surface area (Å²) in [6.07, 6.45) is 0.216. The van der Waals surface area contributed by atoms with E-state index >= 15 is 0 Å². The van der Waals surface area contributed by atoms with Gasteiger partial charge in [0.25, 0.3) is 0 Å². The molecule has 0 spiro atoms. The number of benzene rings is 2. The van der Waals surface area contributed by atoms with Crippen molar-refractivity contribution < 1.29 is 17.6 Å². The molecular formula is C15H13F4N. The van der Waals surface area contributed by atoms with Crippen LogP contribution in [0.15, 0.2) is 36.4 Å². The minimum absolute atomic E-state index is 0.216. The van der Waals surface area contributed by atoms with Crippen LogP contribution in [0.5, 0.6) is 0 Å². The molecule has 1 nitrogen and oxygen atoms in total. The molecule has 0 radical (unpaired) electrons. The van der Waals surface area contributed by atoms with Gasteiger partial charge >= 0.3 is 0 Å². The molecule has 0 saturated heterocycles. The average molecular weight is 283 g/mol. The Bertz CT molecular complexity index is 572. The normalized spacial score (nSPS) is 12.4. The molecule has 20 heavy (non-hydrogen) atoms. The number of hydrogen-bond donors (Lipinski definition) is 1. The summed E-state index contributed by atoms with van der Waals surface area (Å²) < 4.78 is 52.7. The Morgan fingerprint density at radius 3 is 1.70 bits per heavy atom. The Kier molecular flexibility index (Phi) is 4.39. The molecule has 1 unspecified atom stereocenters. The summed E-state index contributed by atoms with van der Waals surface area (Å²) in [6.45, 7) is 0. The van der Waals surface area contributed by atoms with Crippen molar-refractivity contribution in [2.45, 2.75) is 12.5 Å². The average Bonchev–Trinajstić information content (AvgIpc) is 2.33. The van der Waals surface area contributed by atoms with Gasteiger partial charge in [-0.05, 0) is 48.9 Å². The summed E-state index contributed by atoms with van der Waals surface area (Å²) in [5.41, 5.74) is 0.793. The molecule has 1 N–H and O–H groups in total. The Morgan fingerprint density at radius 2 is 1.25 bits per heavy atom. The van der Waals surface area contributed by atoms with Crippen LogP contribution in [0.25, 0.3) is 0 Å². The van der Waals surface area contributed by atoms with Gasteiger partial charge in [-0.25, -0.2) is 17.6 Å². The second-order valence-corrected chi connectivity index (χ2v) is 4.53. The van der Waals surface area contributed by atoms with E-state index in [1.54, 1.807) is 7.05 Å². The monoisotopic (exact) mass is 283 g/mol. The van der Waals surface area contributed by atoms with Crippen LogP contribution in [0.2, 0.25) is 0 Å². The molecular weight excluding hydrogens is 270 g/mol.